The third kappa shape index (κ3) is 1.70. The fourth-order valence-electron chi connectivity index (χ4n) is 4.43. The Kier molecular flexibility index (Phi) is 2.93. The maximum Gasteiger partial charge on any atom is 0.114 e. The van der Waals surface area contributed by atoms with Crippen molar-refractivity contribution in [1.29, 1.82) is 0 Å². The Morgan fingerprint density at radius 2 is 2.15 bits per heavy atom. The number of aryl methyl sites for hydroxylation is 1. The van der Waals surface area contributed by atoms with Gasteiger partial charge in [-0.15, -0.1) is 0 Å². The quantitative estimate of drug-likeness (QED) is 0.911. The van der Waals surface area contributed by atoms with Crippen molar-refractivity contribution in [1.82, 2.24) is 9.55 Å². The Bertz CT molecular complexity index is 661. The van der Waals surface area contributed by atoms with Crippen molar-refractivity contribution in [3.8, 4) is 0 Å². The molecule has 0 radical (unpaired) electrons. The normalized spacial score (nSPS) is 32.4. The predicted octanol–water partition coefficient (Wildman–Crippen LogP) is 3.66. The second-order valence-electron chi connectivity index (χ2n) is 6.28. The van der Waals surface area contributed by atoms with Crippen molar-refractivity contribution in [2.24, 2.45) is 17.6 Å². The van der Waals surface area contributed by atoms with Gasteiger partial charge in [0.25, 0.3) is 0 Å². The van der Waals surface area contributed by atoms with E-state index in [1.807, 2.05) is 0 Å². The van der Waals surface area contributed by atoms with Crippen LogP contribution >= 0.6 is 15.9 Å². The highest BCUT2D eigenvalue weighted by Crippen LogP contribution is 2.52. The van der Waals surface area contributed by atoms with Gasteiger partial charge < -0.3 is 10.3 Å². The van der Waals surface area contributed by atoms with Gasteiger partial charge in [0.15, 0.2) is 0 Å². The maximum atomic E-state index is 6.51. The van der Waals surface area contributed by atoms with Crippen molar-refractivity contribution >= 4 is 27.0 Å². The number of imidazole rings is 1. The standard InChI is InChI=1S/C16H20BrN3/c1-2-20-13-6-5-11(17)8-12(13)19-16(20)14-9-3-4-10(7-9)15(14)18/h5-6,8-10,14-15H,2-4,7,18H2,1H3. The van der Waals surface area contributed by atoms with E-state index in [0.29, 0.717) is 12.0 Å². The van der Waals surface area contributed by atoms with Crippen LogP contribution in [-0.2, 0) is 6.54 Å². The van der Waals surface area contributed by atoms with Gasteiger partial charge in [0.05, 0.1) is 11.0 Å². The molecule has 2 saturated carbocycles. The number of nitrogens with zero attached hydrogens (tertiary/aromatic N) is 2. The van der Waals surface area contributed by atoms with E-state index in [1.165, 1.54) is 30.6 Å². The van der Waals surface area contributed by atoms with E-state index >= 15 is 0 Å². The lowest BCUT2D eigenvalue weighted by Crippen LogP contribution is -2.35. The Labute approximate surface area is 127 Å². The van der Waals surface area contributed by atoms with Crippen LogP contribution in [0, 0.1) is 11.8 Å². The summed E-state index contributed by atoms with van der Waals surface area (Å²) >= 11 is 3.54. The Morgan fingerprint density at radius 3 is 2.85 bits per heavy atom. The fourth-order valence-corrected chi connectivity index (χ4v) is 4.78. The van der Waals surface area contributed by atoms with Crippen molar-refractivity contribution in [2.75, 3.05) is 0 Å². The second-order valence-corrected chi connectivity index (χ2v) is 7.20. The van der Waals surface area contributed by atoms with E-state index in [1.54, 1.807) is 0 Å². The maximum absolute atomic E-state index is 6.51. The van der Waals surface area contributed by atoms with Gasteiger partial charge >= 0.3 is 0 Å². The van der Waals surface area contributed by atoms with Crippen molar-refractivity contribution < 1.29 is 0 Å². The number of benzene rings is 1. The summed E-state index contributed by atoms with van der Waals surface area (Å²) in [6.45, 7) is 3.17. The predicted molar refractivity (Wildman–Crippen MR) is 84.7 cm³/mol. The Hall–Kier alpha value is -0.870. The number of nitrogens with two attached hydrogens (primary N) is 1. The molecule has 0 saturated heterocycles. The molecule has 4 heteroatoms. The van der Waals surface area contributed by atoms with E-state index < -0.39 is 0 Å². The molecular formula is C16H20BrN3. The van der Waals surface area contributed by atoms with Gasteiger partial charge in [-0.25, -0.2) is 4.98 Å². The zero-order chi connectivity index (χ0) is 13.9. The smallest absolute Gasteiger partial charge is 0.114 e. The van der Waals surface area contributed by atoms with Crippen LogP contribution in [0.5, 0.6) is 0 Å². The van der Waals surface area contributed by atoms with Crippen LogP contribution < -0.4 is 5.73 Å². The first-order valence-corrected chi connectivity index (χ1v) is 8.39. The highest BCUT2D eigenvalue weighted by atomic mass is 79.9. The third-order valence-corrected chi connectivity index (χ3v) is 5.83. The minimum absolute atomic E-state index is 0.305. The molecule has 20 heavy (non-hydrogen) atoms. The first-order chi connectivity index (χ1) is 9.69. The number of aromatic nitrogens is 2. The number of hydrogen-bond acceptors (Lipinski definition) is 2. The first-order valence-electron chi connectivity index (χ1n) is 7.60. The molecule has 0 aliphatic heterocycles. The van der Waals surface area contributed by atoms with Crippen molar-refractivity contribution in [3.05, 3.63) is 28.5 Å². The second kappa shape index (κ2) is 4.57. The molecule has 4 rings (SSSR count). The monoisotopic (exact) mass is 333 g/mol. The number of fused-ring (bicyclic) bond motifs is 3. The van der Waals surface area contributed by atoms with Gasteiger partial charge in [-0.2, -0.15) is 0 Å². The molecule has 106 valence electrons. The van der Waals surface area contributed by atoms with E-state index in [4.69, 9.17) is 10.7 Å². The summed E-state index contributed by atoms with van der Waals surface area (Å²) in [5, 5.41) is 0. The minimum atomic E-state index is 0.305. The Morgan fingerprint density at radius 1 is 1.35 bits per heavy atom. The van der Waals surface area contributed by atoms with E-state index in [-0.39, 0.29) is 0 Å². The SMILES string of the molecule is CCn1c(C2C3CCC(C3)C2N)nc2cc(Br)ccc21. The molecule has 2 aliphatic carbocycles. The number of hydrogen-bond donors (Lipinski definition) is 1. The highest BCUT2D eigenvalue weighted by Gasteiger charge is 2.48. The molecular weight excluding hydrogens is 314 g/mol. The molecule has 2 N–H and O–H groups in total. The summed E-state index contributed by atoms with van der Waals surface area (Å²) in [5.41, 5.74) is 8.83. The molecule has 0 spiro atoms. The molecule has 1 heterocycles. The van der Waals surface area contributed by atoms with E-state index in [9.17, 15) is 0 Å². The van der Waals surface area contributed by atoms with Crippen LogP contribution in [-0.4, -0.2) is 15.6 Å². The van der Waals surface area contributed by atoms with Crippen LogP contribution in [0.2, 0.25) is 0 Å². The Balaban J connectivity index is 1.87. The fraction of sp³-hybridized carbons (Fsp3) is 0.562. The summed E-state index contributed by atoms with van der Waals surface area (Å²) in [4.78, 5) is 4.95. The molecule has 2 aliphatic rings. The molecule has 1 aromatic heterocycles. The summed E-state index contributed by atoms with van der Waals surface area (Å²) in [5.74, 6) is 3.16. The van der Waals surface area contributed by atoms with E-state index in [2.05, 4.69) is 45.6 Å². The van der Waals surface area contributed by atoms with E-state index in [0.717, 1.165) is 28.4 Å². The summed E-state index contributed by atoms with van der Waals surface area (Å²) < 4.78 is 3.46. The molecule has 2 bridgehead atoms. The van der Waals surface area contributed by atoms with Crippen LogP contribution in [0.4, 0.5) is 0 Å². The minimum Gasteiger partial charge on any atom is -0.328 e. The highest BCUT2D eigenvalue weighted by molar-refractivity contribution is 9.10. The zero-order valence-corrected chi connectivity index (χ0v) is 13.3. The zero-order valence-electron chi connectivity index (χ0n) is 11.7. The van der Waals surface area contributed by atoms with Gasteiger partial charge in [-0.1, -0.05) is 15.9 Å². The first kappa shape index (κ1) is 12.8. The molecule has 0 amide bonds. The lowest BCUT2D eigenvalue weighted by molar-refractivity contribution is 0.347. The van der Waals surface area contributed by atoms with Gasteiger partial charge in [-0.05, 0) is 56.2 Å². The number of rotatable bonds is 2. The van der Waals surface area contributed by atoms with Gasteiger partial charge in [0.1, 0.15) is 5.82 Å². The molecule has 2 aromatic rings. The lowest BCUT2D eigenvalue weighted by atomic mass is 9.84. The largest absolute Gasteiger partial charge is 0.328 e. The summed E-state index contributed by atoms with van der Waals surface area (Å²) in [6.07, 6.45) is 3.96. The molecule has 4 unspecified atom stereocenters. The van der Waals surface area contributed by atoms with Crippen LogP contribution in [0.1, 0.15) is 37.9 Å². The summed E-state index contributed by atoms with van der Waals surface area (Å²) in [7, 11) is 0. The molecule has 4 atom stereocenters. The number of halogens is 1. The van der Waals surface area contributed by atoms with Gasteiger partial charge in [0.2, 0.25) is 0 Å². The van der Waals surface area contributed by atoms with Crippen LogP contribution in [0.25, 0.3) is 11.0 Å². The summed E-state index contributed by atoms with van der Waals surface area (Å²) in [6, 6.07) is 6.68. The molecule has 1 aromatic carbocycles. The van der Waals surface area contributed by atoms with Crippen LogP contribution in [0.3, 0.4) is 0 Å². The van der Waals surface area contributed by atoms with Crippen molar-refractivity contribution in [3.63, 3.8) is 0 Å². The van der Waals surface area contributed by atoms with Gasteiger partial charge in [0, 0.05) is 23.0 Å². The third-order valence-electron chi connectivity index (χ3n) is 5.33. The topological polar surface area (TPSA) is 43.8 Å². The van der Waals surface area contributed by atoms with Crippen LogP contribution in [0.15, 0.2) is 22.7 Å². The van der Waals surface area contributed by atoms with Crippen molar-refractivity contribution in [2.45, 2.75) is 44.7 Å². The lowest BCUT2D eigenvalue weighted by Gasteiger charge is -2.28. The molecule has 2 fully saturated rings. The average Bonchev–Trinajstić information content (AvgIpc) is 3.09. The van der Waals surface area contributed by atoms with Gasteiger partial charge in [-0.3, -0.25) is 0 Å². The molecule has 3 nitrogen and oxygen atoms in total. The average molecular weight is 334 g/mol.